The first-order valence-electron chi connectivity index (χ1n) is 8.87. The number of hydrogen-bond acceptors (Lipinski definition) is 4. The van der Waals surface area contributed by atoms with E-state index in [9.17, 15) is 4.79 Å². The number of benzene rings is 2. The number of fused-ring (bicyclic) bond motifs is 1. The monoisotopic (exact) mass is 579 g/mol. The molecule has 0 fully saturated rings. The zero-order valence-electron chi connectivity index (χ0n) is 15.9. The Hall–Kier alpha value is -1.84. The molecule has 0 N–H and O–H groups in total. The molecule has 0 aliphatic heterocycles. The standard InChI is InChI=1S/C22H18BrN3OS.HI/c1-14-7-9-19(10-8-14)26(15(2)27)22-25-20(21(23)28-22)12-18-11-16-5-3-4-6-17(16)13-24-18;/h3-11,13H,12H2,1-2H3;1H. The Balaban J connectivity index is 0.00000240. The zero-order chi connectivity index (χ0) is 19.7. The second-order valence-corrected chi connectivity index (χ2v) is 8.90. The number of aryl methyl sites for hydroxylation is 1. The first kappa shape index (κ1) is 21.9. The summed E-state index contributed by atoms with van der Waals surface area (Å²) in [5.74, 6) is -0.0690. The third-order valence-corrected chi connectivity index (χ3v) is 6.29. The largest absolute Gasteiger partial charge is 0.274 e. The highest BCUT2D eigenvalue weighted by Gasteiger charge is 2.20. The Kier molecular flexibility index (Phi) is 7.02. The highest BCUT2D eigenvalue weighted by molar-refractivity contribution is 14.0. The fourth-order valence-electron chi connectivity index (χ4n) is 3.04. The number of thiazole rings is 1. The van der Waals surface area contributed by atoms with E-state index in [-0.39, 0.29) is 29.9 Å². The summed E-state index contributed by atoms with van der Waals surface area (Å²) in [4.78, 5) is 23.3. The fraction of sp³-hybridized carbons (Fsp3) is 0.136. The van der Waals surface area contributed by atoms with Crippen molar-refractivity contribution in [2.24, 2.45) is 0 Å². The van der Waals surface area contributed by atoms with Crippen molar-refractivity contribution in [2.75, 3.05) is 4.90 Å². The van der Waals surface area contributed by atoms with Gasteiger partial charge in [0.15, 0.2) is 5.13 Å². The molecule has 2 aromatic carbocycles. The third-order valence-electron chi connectivity index (χ3n) is 4.47. The molecule has 0 radical (unpaired) electrons. The summed E-state index contributed by atoms with van der Waals surface area (Å²) >= 11 is 5.07. The number of rotatable bonds is 4. The Morgan fingerprint density at radius 3 is 2.48 bits per heavy atom. The van der Waals surface area contributed by atoms with Gasteiger partial charge in [0.1, 0.15) is 0 Å². The van der Waals surface area contributed by atoms with E-state index in [1.165, 1.54) is 11.3 Å². The molecule has 0 aliphatic carbocycles. The summed E-state index contributed by atoms with van der Waals surface area (Å²) in [5.41, 5.74) is 3.78. The van der Waals surface area contributed by atoms with Gasteiger partial charge >= 0.3 is 0 Å². The molecule has 1 amide bonds. The number of carbonyl (C=O) groups is 1. The number of halogens is 2. The minimum atomic E-state index is -0.0690. The SMILES string of the molecule is CC(=O)N(c1ccc(C)cc1)c1nc(Cc2cc3ccccc3cn2)c(Br)s1.I. The van der Waals surface area contributed by atoms with Gasteiger partial charge < -0.3 is 0 Å². The average molecular weight is 580 g/mol. The molecule has 0 spiro atoms. The fourth-order valence-corrected chi connectivity index (χ4v) is 4.58. The molecule has 2 aromatic heterocycles. The van der Waals surface area contributed by atoms with Crippen LogP contribution in [0.1, 0.15) is 23.9 Å². The molecule has 0 atom stereocenters. The lowest BCUT2D eigenvalue weighted by Crippen LogP contribution is -2.22. The Labute approximate surface area is 199 Å². The lowest BCUT2D eigenvalue weighted by Gasteiger charge is -2.18. The highest BCUT2D eigenvalue weighted by Crippen LogP contribution is 2.36. The first-order chi connectivity index (χ1) is 13.5. The van der Waals surface area contributed by atoms with E-state index in [1.807, 2.05) is 49.5 Å². The molecular weight excluding hydrogens is 561 g/mol. The molecule has 0 saturated carbocycles. The van der Waals surface area contributed by atoms with Gasteiger partial charge in [0, 0.05) is 30.6 Å². The van der Waals surface area contributed by atoms with Crippen molar-refractivity contribution in [3.63, 3.8) is 0 Å². The lowest BCUT2D eigenvalue weighted by atomic mass is 10.1. The number of anilines is 2. The topological polar surface area (TPSA) is 46.1 Å². The highest BCUT2D eigenvalue weighted by atomic mass is 127. The van der Waals surface area contributed by atoms with Gasteiger partial charge in [0.2, 0.25) is 5.91 Å². The quantitative estimate of drug-likeness (QED) is 0.254. The molecule has 4 rings (SSSR count). The van der Waals surface area contributed by atoms with Gasteiger partial charge in [-0.15, -0.1) is 24.0 Å². The van der Waals surface area contributed by atoms with Crippen molar-refractivity contribution in [1.29, 1.82) is 0 Å². The van der Waals surface area contributed by atoms with Gasteiger partial charge in [-0.2, -0.15) is 0 Å². The molecular formula is C22H19BrIN3OS. The lowest BCUT2D eigenvalue weighted by molar-refractivity contribution is -0.115. The molecule has 0 bridgehead atoms. The van der Waals surface area contributed by atoms with Crippen LogP contribution in [0.4, 0.5) is 10.8 Å². The second kappa shape index (κ2) is 9.32. The van der Waals surface area contributed by atoms with Gasteiger partial charge in [0.05, 0.1) is 15.2 Å². The van der Waals surface area contributed by atoms with Crippen molar-refractivity contribution < 1.29 is 4.79 Å². The van der Waals surface area contributed by atoms with Crippen molar-refractivity contribution >= 4 is 78.7 Å². The maximum Gasteiger partial charge on any atom is 0.230 e. The number of amides is 1. The van der Waals surface area contributed by atoms with Gasteiger partial charge in [0.25, 0.3) is 0 Å². The third kappa shape index (κ3) is 4.84. The van der Waals surface area contributed by atoms with E-state index in [1.54, 1.807) is 11.8 Å². The smallest absolute Gasteiger partial charge is 0.230 e. The molecule has 7 heteroatoms. The summed E-state index contributed by atoms with van der Waals surface area (Å²) in [5, 5.41) is 2.93. The van der Waals surface area contributed by atoms with E-state index in [0.717, 1.165) is 37.2 Å². The van der Waals surface area contributed by atoms with E-state index in [2.05, 4.69) is 39.1 Å². The molecule has 29 heavy (non-hydrogen) atoms. The van der Waals surface area contributed by atoms with Crippen LogP contribution in [0.15, 0.2) is 64.6 Å². The Bertz CT molecular complexity index is 1160. The van der Waals surface area contributed by atoms with Gasteiger partial charge in [-0.3, -0.25) is 14.7 Å². The minimum absolute atomic E-state index is 0. The van der Waals surface area contributed by atoms with Crippen LogP contribution in [-0.4, -0.2) is 15.9 Å². The minimum Gasteiger partial charge on any atom is -0.274 e. The molecule has 0 unspecified atom stereocenters. The van der Waals surface area contributed by atoms with Crippen LogP contribution < -0.4 is 4.90 Å². The maximum atomic E-state index is 12.3. The van der Waals surface area contributed by atoms with Crippen molar-refractivity contribution in [1.82, 2.24) is 9.97 Å². The summed E-state index contributed by atoms with van der Waals surface area (Å²) in [6.45, 7) is 3.58. The van der Waals surface area contributed by atoms with Crippen LogP contribution in [0, 0.1) is 6.92 Å². The molecule has 0 aliphatic rings. The van der Waals surface area contributed by atoms with E-state index >= 15 is 0 Å². The predicted octanol–water partition coefficient (Wildman–Crippen LogP) is 6.66. The predicted molar refractivity (Wildman–Crippen MR) is 134 cm³/mol. The zero-order valence-corrected chi connectivity index (χ0v) is 20.7. The van der Waals surface area contributed by atoms with Crippen LogP contribution in [-0.2, 0) is 11.2 Å². The van der Waals surface area contributed by atoms with E-state index in [4.69, 9.17) is 4.98 Å². The number of pyridine rings is 1. The van der Waals surface area contributed by atoms with E-state index < -0.39 is 0 Å². The normalized spacial score (nSPS) is 10.6. The Morgan fingerprint density at radius 1 is 1.10 bits per heavy atom. The molecule has 148 valence electrons. The van der Waals surface area contributed by atoms with Crippen LogP contribution in [0.25, 0.3) is 10.8 Å². The van der Waals surface area contributed by atoms with Crippen LogP contribution in [0.3, 0.4) is 0 Å². The summed E-state index contributed by atoms with van der Waals surface area (Å²) in [6, 6.07) is 18.1. The molecule has 0 saturated heterocycles. The maximum absolute atomic E-state index is 12.3. The average Bonchev–Trinajstić information content (AvgIpc) is 3.03. The van der Waals surface area contributed by atoms with Crippen molar-refractivity contribution in [3.8, 4) is 0 Å². The summed E-state index contributed by atoms with van der Waals surface area (Å²) in [6.07, 6.45) is 2.49. The number of nitrogens with zero attached hydrogens (tertiary/aromatic N) is 3. The van der Waals surface area contributed by atoms with Gasteiger partial charge in [-0.1, -0.05) is 53.3 Å². The van der Waals surface area contributed by atoms with Crippen LogP contribution in [0.5, 0.6) is 0 Å². The first-order valence-corrected chi connectivity index (χ1v) is 10.5. The molecule has 4 aromatic rings. The Morgan fingerprint density at radius 2 is 1.79 bits per heavy atom. The van der Waals surface area contributed by atoms with Crippen molar-refractivity contribution in [2.45, 2.75) is 20.3 Å². The number of carbonyl (C=O) groups excluding carboxylic acids is 1. The second-order valence-electron chi connectivity index (χ2n) is 6.61. The van der Waals surface area contributed by atoms with E-state index in [0.29, 0.717) is 11.6 Å². The number of hydrogen-bond donors (Lipinski definition) is 0. The van der Waals surface area contributed by atoms with Gasteiger partial charge in [-0.25, -0.2) is 4.98 Å². The summed E-state index contributed by atoms with van der Waals surface area (Å²) in [7, 11) is 0. The van der Waals surface area contributed by atoms with Gasteiger partial charge in [-0.05, 0) is 46.4 Å². The number of aromatic nitrogens is 2. The summed E-state index contributed by atoms with van der Waals surface area (Å²) < 4.78 is 0.913. The van der Waals surface area contributed by atoms with Crippen LogP contribution >= 0.6 is 51.2 Å². The van der Waals surface area contributed by atoms with Crippen molar-refractivity contribution in [3.05, 3.63) is 81.5 Å². The molecule has 4 nitrogen and oxygen atoms in total. The van der Waals surface area contributed by atoms with Crippen LogP contribution in [0.2, 0.25) is 0 Å². The molecule has 2 heterocycles.